The number of halogens is 4. The molecule has 1 fully saturated rings. The minimum Gasteiger partial charge on any atom is -0.342 e. The summed E-state index contributed by atoms with van der Waals surface area (Å²) in [5.74, 6) is -1.45. The summed E-state index contributed by atoms with van der Waals surface area (Å²) in [5, 5.41) is 3.16. The minimum absolute atomic E-state index is 0.0927. The molecule has 0 saturated carbocycles. The van der Waals surface area contributed by atoms with Crippen molar-refractivity contribution in [1.29, 1.82) is 0 Å². The highest BCUT2D eigenvalue weighted by Gasteiger charge is 2.36. The Morgan fingerprint density at radius 3 is 2.54 bits per heavy atom. The van der Waals surface area contributed by atoms with Gasteiger partial charge < -0.3 is 9.88 Å². The molecule has 3 aromatic carbocycles. The van der Waals surface area contributed by atoms with Crippen molar-refractivity contribution >= 4 is 63.1 Å². The fraction of sp³-hybridized carbons (Fsp3) is 0.107. The van der Waals surface area contributed by atoms with Gasteiger partial charge in [0.25, 0.3) is 11.1 Å². The summed E-state index contributed by atoms with van der Waals surface area (Å²) in [7, 11) is 0. The maximum Gasteiger partial charge on any atom is 0.416 e. The van der Waals surface area contributed by atoms with Crippen LogP contribution in [0.25, 0.3) is 17.0 Å². The zero-order valence-electron chi connectivity index (χ0n) is 20.0. The third-order valence-electron chi connectivity index (χ3n) is 6.00. The van der Waals surface area contributed by atoms with Gasteiger partial charge in [0.2, 0.25) is 5.91 Å². The van der Waals surface area contributed by atoms with Gasteiger partial charge in [-0.25, -0.2) is 0 Å². The van der Waals surface area contributed by atoms with Crippen LogP contribution in [-0.2, 0) is 22.3 Å². The van der Waals surface area contributed by atoms with E-state index in [0.717, 1.165) is 39.6 Å². The number of carbonyl (C=O) groups excluding carboxylic acids is 3. The van der Waals surface area contributed by atoms with Crippen LogP contribution in [0.3, 0.4) is 0 Å². The predicted octanol–water partition coefficient (Wildman–Crippen LogP) is 7.04. The number of rotatable bonds is 6. The van der Waals surface area contributed by atoms with E-state index in [1.54, 1.807) is 12.1 Å². The Labute approximate surface area is 230 Å². The molecule has 198 valence electrons. The van der Waals surface area contributed by atoms with E-state index in [1.165, 1.54) is 6.07 Å². The van der Waals surface area contributed by atoms with Crippen molar-refractivity contribution in [3.63, 3.8) is 0 Å². The van der Waals surface area contributed by atoms with Gasteiger partial charge >= 0.3 is 6.18 Å². The Morgan fingerprint density at radius 1 is 1.00 bits per heavy atom. The van der Waals surface area contributed by atoms with Gasteiger partial charge in [-0.3, -0.25) is 19.3 Å². The Kier molecular flexibility index (Phi) is 7.24. The summed E-state index contributed by atoms with van der Waals surface area (Å²) in [6, 6.07) is 19.2. The van der Waals surface area contributed by atoms with Gasteiger partial charge in [0, 0.05) is 39.9 Å². The maximum atomic E-state index is 13.0. The van der Waals surface area contributed by atoms with E-state index in [4.69, 9.17) is 11.6 Å². The van der Waals surface area contributed by atoms with Crippen LogP contribution in [0, 0.1) is 0 Å². The van der Waals surface area contributed by atoms with Crippen LogP contribution < -0.4 is 5.32 Å². The van der Waals surface area contributed by atoms with Gasteiger partial charge in [0.15, 0.2) is 0 Å². The largest absolute Gasteiger partial charge is 0.416 e. The number of fused-ring (bicyclic) bond motifs is 1. The fourth-order valence-corrected chi connectivity index (χ4v) is 5.29. The van der Waals surface area contributed by atoms with Crippen molar-refractivity contribution in [2.75, 3.05) is 11.9 Å². The number of nitrogens with one attached hydrogen (secondary N) is 1. The summed E-state index contributed by atoms with van der Waals surface area (Å²) in [6.45, 7) is -0.0963. The molecule has 39 heavy (non-hydrogen) atoms. The molecule has 0 bridgehead atoms. The Balaban J connectivity index is 1.35. The summed E-state index contributed by atoms with van der Waals surface area (Å²) in [4.78, 5) is 39.0. The van der Waals surface area contributed by atoms with Gasteiger partial charge in [-0.1, -0.05) is 48.0 Å². The molecule has 0 aliphatic carbocycles. The van der Waals surface area contributed by atoms with Gasteiger partial charge in [-0.15, -0.1) is 0 Å². The van der Waals surface area contributed by atoms with Gasteiger partial charge in [0.1, 0.15) is 6.54 Å². The molecule has 1 saturated heterocycles. The molecule has 1 aromatic heterocycles. The number of benzene rings is 3. The first kappa shape index (κ1) is 26.6. The van der Waals surface area contributed by atoms with Gasteiger partial charge in [0.05, 0.1) is 10.5 Å². The normalized spacial score (nSPS) is 15.0. The van der Waals surface area contributed by atoms with E-state index < -0.39 is 35.3 Å². The maximum absolute atomic E-state index is 13.0. The quantitative estimate of drug-likeness (QED) is 0.253. The van der Waals surface area contributed by atoms with E-state index in [9.17, 15) is 27.6 Å². The van der Waals surface area contributed by atoms with Crippen molar-refractivity contribution in [1.82, 2.24) is 9.47 Å². The third kappa shape index (κ3) is 5.86. The Morgan fingerprint density at radius 2 is 1.77 bits per heavy atom. The van der Waals surface area contributed by atoms with Crippen LogP contribution in [0.5, 0.6) is 0 Å². The monoisotopic (exact) mass is 569 g/mol. The van der Waals surface area contributed by atoms with Crippen LogP contribution in [-0.4, -0.2) is 33.1 Å². The molecule has 1 N–H and O–H groups in total. The van der Waals surface area contributed by atoms with Crippen LogP contribution >= 0.6 is 23.4 Å². The van der Waals surface area contributed by atoms with Crippen molar-refractivity contribution in [2.24, 2.45) is 0 Å². The highest BCUT2D eigenvalue weighted by atomic mass is 35.5. The van der Waals surface area contributed by atoms with Crippen molar-refractivity contribution < 1.29 is 27.6 Å². The lowest BCUT2D eigenvalue weighted by molar-refractivity contribution is -0.137. The number of para-hydroxylation sites is 1. The highest BCUT2D eigenvalue weighted by molar-refractivity contribution is 8.18. The topological polar surface area (TPSA) is 71.4 Å². The summed E-state index contributed by atoms with van der Waals surface area (Å²) >= 11 is 6.83. The summed E-state index contributed by atoms with van der Waals surface area (Å²) in [5.41, 5.74) is 1.60. The highest BCUT2D eigenvalue weighted by Crippen LogP contribution is 2.35. The Hall–Kier alpha value is -4.02. The number of alkyl halides is 3. The first-order valence-electron chi connectivity index (χ1n) is 11.6. The molecule has 0 unspecified atom stereocenters. The molecule has 1 aliphatic rings. The van der Waals surface area contributed by atoms with E-state index >= 15 is 0 Å². The van der Waals surface area contributed by atoms with E-state index in [0.29, 0.717) is 28.9 Å². The average molecular weight is 570 g/mol. The van der Waals surface area contributed by atoms with E-state index in [1.807, 2.05) is 53.2 Å². The summed E-state index contributed by atoms with van der Waals surface area (Å²) < 4.78 is 40.9. The molecule has 5 rings (SSSR count). The SMILES string of the molecule is O=C(CN1C(=O)S/C(=C\c2cn(Cc3cccc(Cl)c3)c3ccccc23)C1=O)Nc1cccc(C(F)(F)F)c1. The number of hydrogen-bond acceptors (Lipinski definition) is 4. The smallest absolute Gasteiger partial charge is 0.342 e. The first-order valence-corrected chi connectivity index (χ1v) is 12.8. The molecule has 6 nitrogen and oxygen atoms in total. The Bertz CT molecular complexity index is 1650. The molecular weight excluding hydrogens is 551 g/mol. The van der Waals surface area contributed by atoms with Crippen molar-refractivity contribution in [3.8, 4) is 0 Å². The lowest BCUT2D eigenvalue weighted by Gasteiger charge is -2.13. The number of carbonyl (C=O) groups is 3. The standard InChI is InChI=1S/C28H19ClF3N3O3S/c29-20-7-3-5-17(11-20)14-34-15-18(22-9-1-2-10-23(22)34)12-24-26(37)35(27(38)39-24)16-25(36)33-21-8-4-6-19(13-21)28(30,31)32/h1-13,15H,14,16H2,(H,33,36)/b24-12-. The fourth-order valence-electron chi connectivity index (χ4n) is 4.25. The molecule has 2 heterocycles. The third-order valence-corrected chi connectivity index (χ3v) is 7.14. The molecule has 1 aliphatic heterocycles. The second-order valence-electron chi connectivity index (χ2n) is 8.75. The number of thioether (sulfide) groups is 1. The van der Waals surface area contributed by atoms with Crippen LogP contribution in [0.4, 0.5) is 23.7 Å². The second kappa shape index (κ2) is 10.6. The number of hydrogen-bond donors (Lipinski definition) is 1. The van der Waals surface area contributed by atoms with Gasteiger partial charge in [-0.05, 0) is 59.8 Å². The average Bonchev–Trinajstić information content (AvgIpc) is 3.35. The number of aromatic nitrogens is 1. The molecule has 0 spiro atoms. The van der Waals surface area contributed by atoms with E-state index in [2.05, 4.69) is 5.32 Å². The van der Waals surface area contributed by atoms with Crippen LogP contribution in [0.2, 0.25) is 5.02 Å². The molecule has 0 atom stereocenters. The lowest BCUT2D eigenvalue weighted by Crippen LogP contribution is -2.36. The van der Waals surface area contributed by atoms with Crippen molar-refractivity contribution in [3.05, 3.63) is 106 Å². The molecular formula is C28H19ClF3N3O3S. The minimum atomic E-state index is -4.57. The van der Waals surface area contributed by atoms with Crippen LogP contribution in [0.15, 0.2) is 83.9 Å². The molecule has 3 amide bonds. The van der Waals surface area contributed by atoms with E-state index in [-0.39, 0.29) is 10.6 Å². The van der Waals surface area contributed by atoms with Crippen molar-refractivity contribution in [2.45, 2.75) is 12.7 Å². The molecule has 11 heteroatoms. The zero-order valence-corrected chi connectivity index (χ0v) is 21.6. The summed E-state index contributed by atoms with van der Waals surface area (Å²) in [6.07, 6.45) is -1.10. The van der Waals surface area contributed by atoms with Crippen LogP contribution in [0.1, 0.15) is 16.7 Å². The lowest BCUT2D eigenvalue weighted by atomic mass is 10.1. The molecule has 0 radical (unpaired) electrons. The second-order valence-corrected chi connectivity index (χ2v) is 10.2. The number of imide groups is 1. The predicted molar refractivity (Wildman–Crippen MR) is 145 cm³/mol. The number of anilines is 1. The van der Waals surface area contributed by atoms with Gasteiger partial charge in [-0.2, -0.15) is 13.2 Å². The zero-order chi connectivity index (χ0) is 27.7. The molecule has 4 aromatic rings. The first-order chi connectivity index (χ1) is 18.6. The number of amides is 3. The number of nitrogens with zero attached hydrogens (tertiary/aromatic N) is 2.